The number of hydrogen-bond donors (Lipinski definition) is 1. The summed E-state index contributed by atoms with van der Waals surface area (Å²) in [5.74, 6) is -0.105. The van der Waals surface area contributed by atoms with Crippen LogP contribution in [0.1, 0.15) is 41.8 Å². The molecule has 0 saturated carbocycles. The van der Waals surface area contributed by atoms with E-state index in [1.165, 1.54) is 0 Å². The van der Waals surface area contributed by atoms with Crippen molar-refractivity contribution in [2.75, 3.05) is 6.61 Å². The largest absolute Gasteiger partial charge is 0.371 e. The first-order chi connectivity index (χ1) is 10.8. The molecule has 1 aliphatic rings. The summed E-state index contributed by atoms with van der Waals surface area (Å²) < 4.78 is 7.55. The topological polar surface area (TPSA) is 69.0 Å². The molecular formula is C16H20N4O2. The minimum Gasteiger partial charge on any atom is -0.371 e. The van der Waals surface area contributed by atoms with Crippen LogP contribution in [0.5, 0.6) is 0 Å². The molecule has 0 bridgehead atoms. The molecule has 1 amide bonds. The second kappa shape index (κ2) is 6.70. The van der Waals surface area contributed by atoms with Crippen molar-refractivity contribution in [1.29, 1.82) is 0 Å². The molecule has 0 aliphatic carbocycles. The maximum Gasteiger partial charge on any atom is 0.254 e. The van der Waals surface area contributed by atoms with Crippen molar-refractivity contribution in [1.82, 2.24) is 20.1 Å². The molecule has 6 nitrogen and oxygen atoms in total. The van der Waals surface area contributed by atoms with Crippen LogP contribution in [0.25, 0.3) is 0 Å². The molecule has 1 aliphatic heterocycles. The van der Waals surface area contributed by atoms with Crippen molar-refractivity contribution in [3.8, 4) is 0 Å². The average molecular weight is 300 g/mol. The molecule has 0 aromatic carbocycles. The maximum atomic E-state index is 12.4. The Morgan fingerprint density at radius 2 is 2.41 bits per heavy atom. The zero-order valence-electron chi connectivity index (χ0n) is 12.6. The highest BCUT2D eigenvalue weighted by molar-refractivity contribution is 5.93. The van der Waals surface area contributed by atoms with E-state index in [-0.39, 0.29) is 18.1 Å². The second-order valence-electron chi connectivity index (χ2n) is 5.44. The predicted molar refractivity (Wildman–Crippen MR) is 81.3 cm³/mol. The molecule has 22 heavy (non-hydrogen) atoms. The molecule has 3 heterocycles. The summed E-state index contributed by atoms with van der Waals surface area (Å²) in [6, 6.07) is 3.82. The fourth-order valence-corrected chi connectivity index (χ4v) is 2.69. The van der Waals surface area contributed by atoms with Crippen LogP contribution in [0, 0.1) is 0 Å². The van der Waals surface area contributed by atoms with E-state index in [1.807, 2.05) is 12.1 Å². The molecule has 0 radical (unpaired) electrons. The Kier molecular flexibility index (Phi) is 4.48. The number of ether oxygens (including phenoxy) is 1. The Morgan fingerprint density at radius 1 is 1.50 bits per heavy atom. The zero-order valence-corrected chi connectivity index (χ0v) is 12.6. The molecule has 0 spiro atoms. The van der Waals surface area contributed by atoms with Crippen LogP contribution in [-0.2, 0) is 11.3 Å². The standard InChI is InChI=1S/C16H20N4O2/c1-2-7-20-11-13(10-18-20)16(21)19-14-5-8-22-15(14)12-4-3-6-17-9-12/h3-4,6,9-11,14-15H,2,5,7-8H2,1H3,(H,19,21)/t14-,15+/m0/s1. The number of aryl methyl sites for hydroxylation is 1. The van der Waals surface area contributed by atoms with Crippen LogP contribution in [0.3, 0.4) is 0 Å². The highest BCUT2D eigenvalue weighted by Gasteiger charge is 2.31. The molecule has 2 atom stereocenters. The van der Waals surface area contributed by atoms with Gasteiger partial charge in [-0.3, -0.25) is 14.5 Å². The van der Waals surface area contributed by atoms with E-state index in [0.29, 0.717) is 12.2 Å². The van der Waals surface area contributed by atoms with Crippen molar-refractivity contribution in [3.05, 3.63) is 48.0 Å². The first kappa shape index (κ1) is 14.7. The minimum atomic E-state index is -0.136. The Labute approximate surface area is 129 Å². The van der Waals surface area contributed by atoms with E-state index >= 15 is 0 Å². The fourth-order valence-electron chi connectivity index (χ4n) is 2.69. The monoisotopic (exact) mass is 300 g/mol. The number of carbonyl (C=O) groups is 1. The predicted octanol–water partition coefficient (Wildman–Crippen LogP) is 1.95. The van der Waals surface area contributed by atoms with E-state index in [1.54, 1.807) is 29.5 Å². The van der Waals surface area contributed by atoms with Gasteiger partial charge >= 0.3 is 0 Å². The van der Waals surface area contributed by atoms with Crippen LogP contribution >= 0.6 is 0 Å². The first-order valence-electron chi connectivity index (χ1n) is 7.62. The van der Waals surface area contributed by atoms with Crippen molar-refractivity contribution in [2.24, 2.45) is 0 Å². The van der Waals surface area contributed by atoms with Crippen molar-refractivity contribution in [3.63, 3.8) is 0 Å². The van der Waals surface area contributed by atoms with Crippen molar-refractivity contribution in [2.45, 2.75) is 38.5 Å². The third-order valence-electron chi connectivity index (χ3n) is 3.77. The third-order valence-corrected chi connectivity index (χ3v) is 3.77. The lowest BCUT2D eigenvalue weighted by atomic mass is 10.0. The van der Waals surface area contributed by atoms with E-state index in [2.05, 4.69) is 22.3 Å². The van der Waals surface area contributed by atoms with Crippen LogP contribution < -0.4 is 5.32 Å². The summed E-state index contributed by atoms with van der Waals surface area (Å²) in [5, 5.41) is 7.25. The van der Waals surface area contributed by atoms with Gasteiger partial charge in [-0.1, -0.05) is 13.0 Å². The highest BCUT2D eigenvalue weighted by Crippen LogP contribution is 2.28. The number of aromatic nitrogens is 3. The Hall–Kier alpha value is -2.21. The van der Waals surface area contributed by atoms with Gasteiger partial charge in [0, 0.05) is 37.3 Å². The number of nitrogens with one attached hydrogen (secondary N) is 1. The van der Waals surface area contributed by atoms with Crippen molar-refractivity contribution >= 4 is 5.91 Å². The minimum absolute atomic E-state index is 0.0359. The summed E-state index contributed by atoms with van der Waals surface area (Å²) in [5.41, 5.74) is 1.58. The summed E-state index contributed by atoms with van der Waals surface area (Å²) in [6.45, 7) is 3.54. The van der Waals surface area contributed by atoms with Gasteiger partial charge in [-0.25, -0.2) is 0 Å². The lowest BCUT2D eigenvalue weighted by Crippen LogP contribution is -2.36. The zero-order chi connectivity index (χ0) is 15.4. The van der Waals surface area contributed by atoms with Gasteiger partial charge in [0.25, 0.3) is 5.91 Å². The van der Waals surface area contributed by atoms with Crippen LogP contribution in [0.4, 0.5) is 0 Å². The smallest absolute Gasteiger partial charge is 0.254 e. The van der Waals surface area contributed by atoms with Gasteiger partial charge in [0.05, 0.1) is 17.8 Å². The highest BCUT2D eigenvalue weighted by atomic mass is 16.5. The maximum absolute atomic E-state index is 12.4. The molecule has 1 saturated heterocycles. The number of pyridine rings is 1. The Morgan fingerprint density at radius 3 is 3.18 bits per heavy atom. The van der Waals surface area contributed by atoms with E-state index in [4.69, 9.17) is 4.74 Å². The van der Waals surface area contributed by atoms with Crippen LogP contribution in [0.15, 0.2) is 36.9 Å². The third kappa shape index (κ3) is 3.17. The summed E-state index contributed by atoms with van der Waals surface area (Å²) in [4.78, 5) is 16.5. The van der Waals surface area contributed by atoms with Gasteiger partial charge in [0.15, 0.2) is 0 Å². The Bertz CT molecular complexity index is 626. The number of nitrogens with zero attached hydrogens (tertiary/aromatic N) is 3. The molecular weight excluding hydrogens is 280 g/mol. The number of rotatable bonds is 5. The SMILES string of the molecule is CCCn1cc(C(=O)N[C@H]2CCO[C@@H]2c2cccnc2)cn1. The molecule has 2 aromatic heterocycles. The molecule has 2 aromatic rings. The van der Waals surface area contributed by atoms with Gasteiger partial charge in [-0.15, -0.1) is 0 Å². The van der Waals surface area contributed by atoms with Gasteiger partial charge < -0.3 is 10.1 Å². The van der Waals surface area contributed by atoms with E-state index < -0.39 is 0 Å². The summed E-state index contributed by atoms with van der Waals surface area (Å²) >= 11 is 0. The lowest BCUT2D eigenvalue weighted by molar-refractivity contribution is 0.0820. The van der Waals surface area contributed by atoms with Crippen molar-refractivity contribution < 1.29 is 9.53 Å². The molecule has 3 rings (SSSR count). The normalized spacial score (nSPS) is 21.0. The van der Waals surface area contributed by atoms with Gasteiger partial charge in [0.1, 0.15) is 6.10 Å². The van der Waals surface area contributed by atoms with Crippen LogP contribution in [-0.4, -0.2) is 33.3 Å². The first-order valence-corrected chi connectivity index (χ1v) is 7.62. The summed E-state index contributed by atoms with van der Waals surface area (Å²) in [7, 11) is 0. The molecule has 1 N–H and O–H groups in total. The van der Waals surface area contributed by atoms with Gasteiger partial charge in [0.2, 0.25) is 0 Å². The lowest BCUT2D eigenvalue weighted by Gasteiger charge is -2.19. The van der Waals surface area contributed by atoms with Gasteiger partial charge in [-0.2, -0.15) is 5.10 Å². The van der Waals surface area contributed by atoms with E-state index in [9.17, 15) is 4.79 Å². The molecule has 116 valence electrons. The number of amides is 1. The molecule has 0 unspecified atom stereocenters. The second-order valence-corrected chi connectivity index (χ2v) is 5.44. The average Bonchev–Trinajstić information content (AvgIpc) is 3.18. The fraction of sp³-hybridized carbons (Fsp3) is 0.438. The quantitative estimate of drug-likeness (QED) is 0.916. The number of carbonyl (C=O) groups excluding carboxylic acids is 1. The summed E-state index contributed by atoms with van der Waals surface area (Å²) in [6.07, 6.45) is 8.57. The molecule has 6 heteroatoms. The number of hydrogen-bond acceptors (Lipinski definition) is 4. The van der Waals surface area contributed by atoms with Crippen LogP contribution in [0.2, 0.25) is 0 Å². The Balaban J connectivity index is 1.67. The van der Waals surface area contributed by atoms with E-state index in [0.717, 1.165) is 24.9 Å². The van der Waals surface area contributed by atoms with Gasteiger partial charge in [-0.05, 0) is 18.9 Å². The molecule has 1 fully saturated rings.